The Morgan fingerprint density at radius 3 is 1.43 bits per heavy atom. The first-order valence-electron chi connectivity index (χ1n) is 24.5. The predicted octanol–water partition coefficient (Wildman–Crippen LogP) is 6.44. The summed E-state index contributed by atoms with van der Waals surface area (Å²) in [5.41, 5.74) is 4.24. The van der Waals surface area contributed by atoms with Crippen LogP contribution >= 0.6 is 22.7 Å². The van der Waals surface area contributed by atoms with Gasteiger partial charge in [-0.3, -0.25) is 19.2 Å². The van der Waals surface area contributed by atoms with Gasteiger partial charge in [0.05, 0.1) is 43.7 Å². The number of thiophene rings is 2. The molecule has 75 heavy (non-hydrogen) atoms. The van der Waals surface area contributed by atoms with Crippen molar-refractivity contribution in [3.8, 4) is 11.5 Å². The van der Waals surface area contributed by atoms with E-state index in [1.54, 1.807) is 93.1 Å². The third-order valence-electron chi connectivity index (χ3n) is 11.9. The smallest absolute Gasteiger partial charge is 0.330 e. The van der Waals surface area contributed by atoms with Crippen LogP contribution in [-0.4, -0.2) is 115 Å². The number of carboxylic acids is 1. The highest BCUT2D eigenvalue weighted by atomic mass is 32.1. The number of nitrogens with one attached hydrogen (secondary N) is 6. The molecule has 4 amide bonds. The normalized spacial score (nSPS) is 12.8. The van der Waals surface area contributed by atoms with Crippen LogP contribution in [-0.2, 0) is 27.2 Å². The van der Waals surface area contributed by atoms with Crippen LogP contribution in [0.4, 0.5) is 11.9 Å². The number of hydrogen-bond acceptors (Lipinski definition) is 17. The van der Waals surface area contributed by atoms with Gasteiger partial charge in [-0.25, -0.2) is 29.5 Å². The fraction of sp³-hybridized carbons (Fsp3) is 0.358. The van der Waals surface area contributed by atoms with E-state index in [-0.39, 0.29) is 47.7 Å². The molecule has 0 saturated heterocycles. The zero-order chi connectivity index (χ0) is 53.9. The molecule has 0 unspecified atom stereocenters. The number of nitrogens with zero attached hydrogens (tertiary/aromatic N) is 4. The van der Waals surface area contributed by atoms with Gasteiger partial charge in [0, 0.05) is 26.2 Å². The molecular weight excluding hydrogens is 1000 g/mol. The molecule has 2 aromatic carbocycles. The second kappa shape index (κ2) is 27.9. The highest BCUT2D eigenvalue weighted by Crippen LogP contribution is 2.22. The number of ether oxygens (including phenoxy) is 1. The SMILES string of the molecule is Cc1nc(NCCCc2cccc(O)c2)nc(C)c1C(=O)N[C@@H](CNC(=O)c1cccs1)C(=O)O.Cc1nc(NCCCc2cccc(O)c2)nc(C)c1C(=O)N[C@@H](CNC(=O)c1cccs1)C(=O)OC1CCCC1. The van der Waals surface area contributed by atoms with Gasteiger partial charge in [0.25, 0.3) is 23.6 Å². The van der Waals surface area contributed by atoms with E-state index in [2.05, 4.69) is 51.8 Å². The summed E-state index contributed by atoms with van der Waals surface area (Å²) in [5.74, 6) is -2.47. The number of carbonyl (C=O) groups is 6. The molecule has 396 valence electrons. The van der Waals surface area contributed by atoms with Gasteiger partial charge in [-0.15, -0.1) is 22.7 Å². The molecule has 0 bridgehead atoms. The van der Waals surface area contributed by atoms with E-state index < -0.39 is 41.7 Å². The van der Waals surface area contributed by atoms with E-state index in [1.807, 2.05) is 18.2 Å². The lowest BCUT2D eigenvalue weighted by atomic mass is 10.1. The van der Waals surface area contributed by atoms with Crippen LogP contribution < -0.4 is 31.9 Å². The van der Waals surface area contributed by atoms with Crippen LogP contribution in [0, 0.1) is 27.7 Å². The first-order chi connectivity index (χ1) is 36.0. The number of benzene rings is 2. The number of carboxylic acid groups (broad SMARTS) is 1. The van der Waals surface area contributed by atoms with Gasteiger partial charge in [-0.05, 0) is 137 Å². The molecule has 1 aliphatic rings. The number of rotatable bonds is 23. The van der Waals surface area contributed by atoms with E-state index in [0.29, 0.717) is 57.5 Å². The highest BCUT2D eigenvalue weighted by Gasteiger charge is 2.30. The van der Waals surface area contributed by atoms with Crippen LogP contribution in [0.5, 0.6) is 11.5 Å². The van der Waals surface area contributed by atoms with Gasteiger partial charge in [0.15, 0.2) is 0 Å². The fourth-order valence-corrected chi connectivity index (χ4v) is 9.42. The fourth-order valence-electron chi connectivity index (χ4n) is 8.14. The number of hydrogen-bond donors (Lipinski definition) is 9. The summed E-state index contributed by atoms with van der Waals surface area (Å²) < 4.78 is 5.65. The Morgan fingerprint density at radius 2 is 1.03 bits per heavy atom. The van der Waals surface area contributed by atoms with Crippen molar-refractivity contribution in [1.29, 1.82) is 0 Å². The minimum Gasteiger partial charge on any atom is -0.508 e. The molecule has 22 heteroatoms. The quantitative estimate of drug-likeness (QED) is 0.0246. The third-order valence-corrected chi connectivity index (χ3v) is 13.6. The molecule has 4 heterocycles. The topological polar surface area (TPSA) is 296 Å². The second-order valence-electron chi connectivity index (χ2n) is 17.7. The summed E-state index contributed by atoms with van der Waals surface area (Å²) in [6.45, 7) is 7.55. The van der Waals surface area contributed by atoms with Gasteiger partial charge in [-0.2, -0.15) is 0 Å². The molecule has 20 nitrogen and oxygen atoms in total. The van der Waals surface area contributed by atoms with Crippen molar-refractivity contribution < 1.29 is 48.8 Å². The molecule has 9 N–H and O–H groups in total. The summed E-state index contributed by atoms with van der Waals surface area (Å²) in [6.07, 6.45) is 6.53. The molecule has 1 aliphatic carbocycles. The maximum absolute atomic E-state index is 13.3. The van der Waals surface area contributed by atoms with Gasteiger partial charge in [0.2, 0.25) is 11.9 Å². The van der Waals surface area contributed by atoms with E-state index in [9.17, 15) is 44.1 Å². The van der Waals surface area contributed by atoms with Gasteiger partial charge < -0.3 is 52.0 Å². The highest BCUT2D eigenvalue weighted by molar-refractivity contribution is 7.12. The molecular formula is C53H62N10O10S2. The Bertz CT molecular complexity index is 2870. The number of aliphatic carboxylic acids is 1. The number of phenolic OH excluding ortho intramolecular Hbond substituents is 2. The Morgan fingerprint density at radius 1 is 0.600 bits per heavy atom. The molecule has 2 atom stereocenters. The number of amides is 4. The Balaban J connectivity index is 0.000000246. The summed E-state index contributed by atoms with van der Waals surface area (Å²) >= 11 is 2.53. The van der Waals surface area contributed by atoms with Crippen molar-refractivity contribution in [3.05, 3.63) is 138 Å². The minimum absolute atomic E-state index is 0.105. The first kappa shape index (κ1) is 56.3. The number of aromatic nitrogens is 4. The summed E-state index contributed by atoms with van der Waals surface area (Å²) in [6, 6.07) is 18.7. The summed E-state index contributed by atoms with van der Waals surface area (Å²) in [4.78, 5) is 93.9. The molecule has 7 rings (SSSR count). The van der Waals surface area contributed by atoms with Crippen LogP contribution in [0.15, 0.2) is 83.6 Å². The second-order valence-corrected chi connectivity index (χ2v) is 19.6. The maximum Gasteiger partial charge on any atom is 0.330 e. The van der Waals surface area contributed by atoms with Crippen LogP contribution in [0.1, 0.15) is 112 Å². The Hall–Kier alpha value is -7.98. The van der Waals surface area contributed by atoms with Gasteiger partial charge in [0.1, 0.15) is 29.7 Å². The van der Waals surface area contributed by atoms with Crippen LogP contribution in [0.25, 0.3) is 0 Å². The Labute approximate surface area is 442 Å². The number of esters is 1. The summed E-state index contributed by atoms with van der Waals surface area (Å²) in [5, 5.41) is 48.9. The predicted molar refractivity (Wildman–Crippen MR) is 285 cm³/mol. The van der Waals surface area contributed by atoms with Crippen molar-refractivity contribution in [1.82, 2.24) is 41.2 Å². The number of carbonyl (C=O) groups excluding carboxylic acids is 5. The van der Waals surface area contributed by atoms with Crippen LogP contribution in [0.3, 0.4) is 0 Å². The van der Waals surface area contributed by atoms with Crippen molar-refractivity contribution >= 4 is 70.1 Å². The van der Waals surface area contributed by atoms with Crippen molar-refractivity contribution in [2.24, 2.45) is 0 Å². The first-order valence-corrected chi connectivity index (χ1v) is 26.2. The summed E-state index contributed by atoms with van der Waals surface area (Å²) in [7, 11) is 0. The average Bonchev–Trinajstić information content (AvgIpc) is 4.21. The molecule has 4 aromatic heterocycles. The number of aromatic hydroxyl groups is 2. The van der Waals surface area contributed by atoms with Crippen molar-refractivity contribution in [2.75, 3.05) is 36.8 Å². The van der Waals surface area contributed by atoms with E-state index in [1.165, 1.54) is 22.7 Å². The molecule has 0 radical (unpaired) electrons. The third kappa shape index (κ3) is 17.3. The molecule has 1 fully saturated rings. The molecule has 0 aliphatic heterocycles. The molecule has 0 spiro atoms. The van der Waals surface area contributed by atoms with Gasteiger partial charge >= 0.3 is 11.9 Å². The minimum atomic E-state index is -1.32. The lowest BCUT2D eigenvalue weighted by Gasteiger charge is -2.21. The van der Waals surface area contributed by atoms with Gasteiger partial charge in [-0.1, -0.05) is 36.4 Å². The zero-order valence-electron chi connectivity index (χ0n) is 42.1. The lowest BCUT2D eigenvalue weighted by Crippen LogP contribution is -2.50. The monoisotopic (exact) mass is 1060 g/mol. The maximum atomic E-state index is 13.3. The van der Waals surface area contributed by atoms with Crippen molar-refractivity contribution in [3.63, 3.8) is 0 Å². The number of phenols is 2. The lowest BCUT2D eigenvalue weighted by molar-refractivity contribution is -0.151. The van der Waals surface area contributed by atoms with E-state index in [4.69, 9.17) is 4.74 Å². The van der Waals surface area contributed by atoms with Crippen molar-refractivity contribution in [2.45, 2.75) is 97.2 Å². The van der Waals surface area contributed by atoms with E-state index >= 15 is 0 Å². The zero-order valence-corrected chi connectivity index (χ0v) is 43.7. The average molecular weight is 1060 g/mol. The Kier molecular flexibility index (Phi) is 20.9. The number of anilines is 2. The molecule has 6 aromatic rings. The van der Waals surface area contributed by atoms with E-state index in [0.717, 1.165) is 62.5 Å². The standard InChI is InChI=1S/C29H35N5O5S.C24H27N5O5S/c1-18-25(19(2)33-29(32-18)30-14-6-9-20-8-5-10-21(35)16-20)27(37)34-23(28(38)39-22-11-3-4-12-22)17-31-26(36)24-13-7-15-40-24;1-14-20(22(32)29-18(23(33)34)13-26-21(31)19-9-5-11-35-19)15(2)28-24(27-14)25-10-4-7-16-6-3-8-17(30)12-16/h5,7-8,10,13,15-16,22-23,35H,3-4,6,9,11-12,14,17H2,1-2H3,(H,31,36)(H,34,37)(H,30,32,33);3,5-6,8-9,11-12,18,30H,4,7,10,13H2,1-2H3,(H,26,31)(H,29,32)(H,33,34)(H,25,27,28)/t23-;18-/m00/s1. The largest absolute Gasteiger partial charge is 0.508 e. The molecule has 1 saturated carbocycles. The van der Waals surface area contributed by atoms with Crippen LogP contribution in [0.2, 0.25) is 0 Å². The number of aryl methyl sites for hydroxylation is 6.